The standard InChI is InChI=1S/C12H15N3O/c1-14-8-12(16)15(2)9-11-5-3-10(7-13)4-6-11/h3-6,14H,8-9H2,1-2H3. The van der Waals surface area contributed by atoms with E-state index >= 15 is 0 Å². The van der Waals surface area contributed by atoms with E-state index in [9.17, 15) is 4.79 Å². The zero-order valence-electron chi connectivity index (χ0n) is 9.53. The molecule has 0 saturated heterocycles. The minimum absolute atomic E-state index is 0.0480. The maximum atomic E-state index is 11.5. The smallest absolute Gasteiger partial charge is 0.236 e. The average molecular weight is 217 g/mol. The van der Waals surface area contributed by atoms with E-state index in [1.807, 2.05) is 12.1 Å². The summed E-state index contributed by atoms with van der Waals surface area (Å²) in [6.45, 7) is 0.902. The van der Waals surface area contributed by atoms with E-state index in [-0.39, 0.29) is 5.91 Å². The van der Waals surface area contributed by atoms with Crippen LogP contribution in [0.3, 0.4) is 0 Å². The maximum absolute atomic E-state index is 11.5. The summed E-state index contributed by atoms with van der Waals surface area (Å²) in [6, 6.07) is 9.30. The first-order chi connectivity index (χ1) is 7.67. The Labute approximate surface area is 95.5 Å². The number of benzene rings is 1. The largest absolute Gasteiger partial charge is 0.340 e. The molecule has 1 N–H and O–H groups in total. The van der Waals surface area contributed by atoms with Crippen LogP contribution >= 0.6 is 0 Å². The fourth-order valence-corrected chi connectivity index (χ4v) is 1.33. The summed E-state index contributed by atoms with van der Waals surface area (Å²) < 4.78 is 0. The van der Waals surface area contributed by atoms with E-state index in [0.29, 0.717) is 18.7 Å². The van der Waals surface area contributed by atoms with Crippen molar-refractivity contribution in [3.8, 4) is 6.07 Å². The molecule has 84 valence electrons. The zero-order chi connectivity index (χ0) is 12.0. The first kappa shape index (κ1) is 12.2. The topological polar surface area (TPSA) is 56.1 Å². The van der Waals surface area contributed by atoms with E-state index in [1.54, 1.807) is 31.1 Å². The van der Waals surface area contributed by atoms with Crippen molar-refractivity contribution in [3.05, 3.63) is 35.4 Å². The van der Waals surface area contributed by atoms with Gasteiger partial charge in [0.1, 0.15) is 0 Å². The molecule has 0 spiro atoms. The van der Waals surface area contributed by atoms with Gasteiger partial charge in [-0.05, 0) is 24.7 Å². The fourth-order valence-electron chi connectivity index (χ4n) is 1.33. The average Bonchev–Trinajstić information content (AvgIpc) is 2.30. The lowest BCUT2D eigenvalue weighted by molar-refractivity contribution is -0.129. The monoisotopic (exact) mass is 217 g/mol. The third kappa shape index (κ3) is 3.37. The van der Waals surface area contributed by atoms with Crippen molar-refractivity contribution in [2.24, 2.45) is 0 Å². The molecule has 0 aliphatic carbocycles. The molecule has 1 rings (SSSR count). The van der Waals surface area contributed by atoms with Crippen LogP contribution in [0.4, 0.5) is 0 Å². The summed E-state index contributed by atoms with van der Waals surface area (Å²) in [5.74, 6) is 0.0480. The minimum atomic E-state index is 0.0480. The second-order valence-electron chi connectivity index (χ2n) is 3.59. The van der Waals surface area contributed by atoms with Crippen LogP contribution < -0.4 is 5.32 Å². The van der Waals surface area contributed by atoms with Gasteiger partial charge in [0.25, 0.3) is 0 Å². The lowest BCUT2D eigenvalue weighted by Gasteiger charge is -2.16. The highest BCUT2D eigenvalue weighted by atomic mass is 16.2. The zero-order valence-corrected chi connectivity index (χ0v) is 9.53. The summed E-state index contributed by atoms with van der Waals surface area (Å²) in [6.07, 6.45) is 0. The normalized spacial score (nSPS) is 9.56. The molecular weight excluding hydrogens is 202 g/mol. The lowest BCUT2D eigenvalue weighted by atomic mass is 10.1. The van der Waals surface area contributed by atoms with Crippen LogP contribution in [-0.2, 0) is 11.3 Å². The van der Waals surface area contributed by atoms with Crippen LogP contribution in [0, 0.1) is 11.3 Å². The Bertz CT molecular complexity index is 392. The highest BCUT2D eigenvalue weighted by molar-refractivity contribution is 5.77. The van der Waals surface area contributed by atoms with Gasteiger partial charge in [0.15, 0.2) is 0 Å². The predicted molar refractivity (Wildman–Crippen MR) is 61.6 cm³/mol. The van der Waals surface area contributed by atoms with Crippen LogP contribution in [0.2, 0.25) is 0 Å². The number of nitrogens with one attached hydrogen (secondary N) is 1. The highest BCUT2D eigenvalue weighted by Gasteiger charge is 2.07. The molecule has 1 aromatic rings. The Kier molecular flexibility index (Phi) is 4.49. The number of rotatable bonds is 4. The lowest BCUT2D eigenvalue weighted by Crippen LogP contribution is -2.33. The molecule has 4 nitrogen and oxygen atoms in total. The number of carbonyl (C=O) groups is 1. The second-order valence-corrected chi connectivity index (χ2v) is 3.59. The number of likely N-dealkylation sites (N-methyl/N-ethyl adjacent to an activating group) is 2. The van der Waals surface area contributed by atoms with Crippen molar-refractivity contribution < 1.29 is 4.79 Å². The van der Waals surface area contributed by atoms with Gasteiger partial charge in [0, 0.05) is 13.6 Å². The highest BCUT2D eigenvalue weighted by Crippen LogP contribution is 2.05. The van der Waals surface area contributed by atoms with Crippen molar-refractivity contribution in [2.45, 2.75) is 6.54 Å². The van der Waals surface area contributed by atoms with Crippen LogP contribution in [0.25, 0.3) is 0 Å². The minimum Gasteiger partial charge on any atom is -0.340 e. The third-order valence-corrected chi connectivity index (χ3v) is 2.26. The summed E-state index contributed by atoms with van der Waals surface area (Å²) in [5, 5.41) is 11.5. The Hall–Kier alpha value is -1.86. The van der Waals surface area contributed by atoms with Crippen molar-refractivity contribution >= 4 is 5.91 Å². The van der Waals surface area contributed by atoms with E-state index in [4.69, 9.17) is 5.26 Å². The molecule has 0 aromatic heterocycles. The summed E-state index contributed by atoms with van der Waals surface area (Å²) in [7, 11) is 3.51. The van der Waals surface area contributed by atoms with E-state index < -0.39 is 0 Å². The Balaban J connectivity index is 2.59. The van der Waals surface area contributed by atoms with Gasteiger partial charge in [0.2, 0.25) is 5.91 Å². The number of nitriles is 1. The first-order valence-electron chi connectivity index (χ1n) is 5.05. The number of nitrogens with zero attached hydrogens (tertiary/aromatic N) is 2. The van der Waals surface area contributed by atoms with Crippen molar-refractivity contribution in [3.63, 3.8) is 0 Å². The maximum Gasteiger partial charge on any atom is 0.236 e. The molecule has 1 aromatic carbocycles. The SMILES string of the molecule is CNCC(=O)N(C)Cc1ccc(C#N)cc1. The number of amides is 1. The van der Waals surface area contributed by atoms with E-state index in [1.165, 1.54) is 0 Å². The van der Waals surface area contributed by atoms with Gasteiger partial charge in [-0.15, -0.1) is 0 Å². The van der Waals surface area contributed by atoms with Gasteiger partial charge < -0.3 is 10.2 Å². The molecule has 0 bridgehead atoms. The summed E-state index contributed by atoms with van der Waals surface area (Å²) in [4.78, 5) is 13.1. The third-order valence-electron chi connectivity index (χ3n) is 2.26. The van der Waals surface area contributed by atoms with Crippen LogP contribution in [0.1, 0.15) is 11.1 Å². The molecule has 4 heteroatoms. The molecule has 0 atom stereocenters. The van der Waals surface area contributed by atoms with Gasteiger partial charge >= 0.3 is 0 Å². The fraction of sp³-hybridized carbons (Fsp3) is 0.333. The van der Waals surface area contributed by atoms with E-state index in [2.05, 4.69) is 11.4 Å². The molecule has 0 saturated carbocycles. The molecule has 0 unspecified atom stereocenters. The molecular formula is C12H15N3O. The van der Waals surface area contributed by atoms with Crippen LogP contribution in [0.15, 0.2) is 24.3 Å². The number of hydrogen-bond acceptors (Lipinski definition) is 3. The van der Waals surface area contributed by atoms with Crippen molar-refractivity contribution in [1.82, 2.24) is 10.2 Å². The van der Waals surface area contributed by atoms with Gasteiger partial charge in [0.05, 0.1) is 18.2 Å². The molecule has 0 radical (unpaired) electrons. The van der Waals surface area contributed by atoms with Gasteiger partial charge in [-0.25, -0.2) is 0 Å². The van der Waals surface area contributed by atoms with Crippen LogP contribution in [-0.4, -0.2) is 31.4 Å². The van der Waals surface area contributed by atoms with E-state index in [0.717, 1.165) is 5.56 Å². The summed E-state index contributed by atoms with van der Waals surface area (Å²) >= 11 is 0. The van der Waals surface area contributed by atoms with Gasteiger partial charge in [-0.3, -0.25) is 4.79 Å². The van der Waals surface area contributed by atoms with Gasteiger partial charge in [-0.1, -0.05) is 12.1 Å². The number of hydrogen-bond donors (Lipinski definition) is 1. The quantitative estimate of drug-likeness (QED) is 0.809. The molecule has 0 aliphatic heterocycles. The molecule has 16 heavy (non-hydrogen) atoms. The molecule has 1 amide bonds. The Morgan fingerprint density at radius 2 is 2.06 bits per heavy atom. The first-order valence-corrected chi connectivity index (χ1v) is 5.05. The second kappa shape index (κ2) is 5.89. The van der Waals surface area contributed by atoms with Crippen LogP contribution in [0.5, 0.6) is 0 Å². The van der Waals surface area contributed by atoms with Crippen molar-refractivity contribution in [1.29, 1.82) is 5.26 Å². The molecule has 0 fully saturated rings. The Morgan fingerprint density at radius 3 is 2.56 bits per heavy atom. The molecule has 0 aliphatic rings. The summed E-state index contributed by atoms with van der Waals surface area (Å²) in [5.41, 5.74) is 1.65. The number of carbonyl (C=O) groups excluding carboxylic acids is 1. The van der Waals surface area contributed by atoms with Crippen molar-refractivity contribution in [2.75, 3.05) is 20.6 Å². The Morgan fingerprint density at radius 1 is 1.44 bits per heavy atom. The predicted octanol–water partition coefficient (Wildman–Crippen LogP) is 0.736. The van der Waals surface area contributed by atoms with Gasteiger partial charge in [-0.2, -0.15) is 5.26 Å². The molecule has 0 heterocycles.